The summed E-state index contributed by atoms with van der Waals surface area (Å²) in [4.78, 5) is 11.2. The van der Waals surface area contributed by atoms with Crippen molar-refractivity contribution in [1.29, 1.82) is 0 Å². The Kier molecular flexibility index (Phi) is 6.22. The average molecular weight is 350 g/mol. The van der Waals surface area contributed by atoms with Crippen LogP contribution in [0, 0.1) is 12.8 Å². The van der Waals surface area contributed by atoms with E-state index in [0.717, 1.165) is 0 Å². The first kappa shape index (κ1) is 18.7. The van der Waals surface area contributed by atoms with Gasteiger partial charge in [-0.1, -0.05) is 25.4 Å². The molecule has 1 rings (SSSR count). The highest BCUT2D eigenvalue weighted by Crippen LogP contribution is 2.30. The molecule has 0 amide bonds. The van der Waals surface area contributed by atoms with E-state index >= 15 is 0 Å². The number of aryl methyl sites for hydroxylation is 1. The monoisotopic (exact) mass is 349 g/mol. The van der Waals surface area contributed by atoms with E-state index in [1.54, 1.807) is 6.92 Å². The molecule has 22 heavy (non-hydrogen) atoms. The van der Waals surface area contributed by atoms with Crippen molar-refractivity contribution in [3.63, 3.8) is 0 Å². The molecule has 0 heterocycles. The zero-order valence-electron chi connectivity index (χ0n) is 12.9. The lowest BCUT2D eigenvalue weighted by molar-refractivity contribution is -0.139. The van der Waals surface area contributed by atoms with Crippen LogP contribution in [0.1, 0.15) is 25.8 Å². The number of carbonyl (C=O) groups is 1. The standard InChI is InChI=1S/C14H20ClNO5S/c1-8(2)5-11(14(17)18)16-22(19,20)13-7-10(15)12(21-4)6-9(13)3/h6-8,11,16H,5H2,1-4H3,(H,17,18). The number of sulfonamides is 1. The van der Waals surface area contributed by atoms with Crippen molar-refractivity contribution in [3.8, 4) is 5.75 Å². The van der Waals surface area contributed by atoms with Gasteiger partial charge in [0.15, 0.2) is 0 Å². The number of carboxylic acids is 1. The minimum Gasteiger partial charge on any atom is -0.495 e. The van der Waals surface area contributed by atoms with Crippen LogP contribution in [0.25, 0.3) is 0 Å². The second kappa shape index (κ2) is 7.30. The van der Waals surface area contributed by atoms with Gasteiger partial charge in [0, 0.05) is 0 Å². The molecule has 2 N–H and O–H groups in total. The molecule has 0 saturated heterocycles. The largest absolute Gasteiger partial charge is 0.495 e. The maximum absolute atomic E-state index is 12.4. The van der Waals surface area contributed by atoms with E-state index in [2.05, 4.69) is 4.72 Å². The molecule has 0 fully saturated rings. The van der Waals surface area contributed by atoms with Gasteiger partial charge in [0.05, 0.1) is 17.0 Å². The summed E-state index contributed by atoms with van der Waals surface area (Å²) >= 11 is 5.96. The SMILES string of the molecule is COc1cc(C)c(S(=O)(=O)NC(CC(C)C)C(=O)O)cc1Cl. The number of ether oxygens (including phenoxy) is 1. The van der Waals surface area contributed by atoms with Crippen molar-refractivity contribution in [1.82, 2.24) is 4.72 Å². The summed E-state index contributed by atoms with van der Waals surface area (Å²) < 4.78 is 32.1. The van der Waals surface area contributed by atoms with Gasteiger partial charge in [-0.3, -0.25) is 4.79 Å². The topological polar surface area (TPSA) is 92.7 Å². The van der Waals surface area contributed by atoms with Crippen molar-refractivity contribution in [2.45, 2.75) is 38.1 Å². The predicted molar refractivity (Wildman–Crippen MR) is 83.9 cm³/mol. The molecule has 1 aromatic carbocycles. The van der Waals surface area contributed by atoms with Gasteiger partial charge < -0.3 is 9.84 Å². The van der Waals surface area contributed by atoms with Gasteiger partial charge in [0.2, 0.25) is 10.0 Å². The Morgan fingerprint density at radius 2 is 2.00 bits per heavy atom. The Balaban J connectivity index is 3.18. The van der Waals surface area contributed by atoms with Gasteiger partial charge in [0.1, 0.15) is 11.8 Å². The molecular formula is C14H20ClNO5S. The average Bonchev–Trinajstić information content (AvgIpc) is 2.39. The smallest absolute Gasteiger partial charge is 0.321 e. The highest BCUT2D eigenvalue weighted by molar-refractivity contribution is 7.89. The number of methoxy groups -OCH3 is 1. The van der Waals surface area contributed by atoms with Crippen LogP contribution in [0.4, 0.5) is 0 Å². The van der Waals surface area contributed by atoms with Crippen molar-refractivity contribution in [2.24, 2.45) is 5.92 Å². The van der Waals surface area contributed by atoms with Gasteiger partial charge in [-0.2, -0.15) is 4.72 Å². The zero-order chi connectivity index (χ0) is 17.1. The molecule has 1 aromatic rings. The highest BCUT2D eigenvalue weighted by atomic mass is 35.5. The molecule has 0 bridgehead atoms. The fraction of sp³-hybridized carbons (Fsp3) is 0.500. The summed E-state index contributed by atoms with van der Waals surface area (Å²) in [6, 6.07) is 1.56. The van der Waals surface area contributed by atoms with Crippen LogP contribution >= 0.6 is 11.6 Å². The second-order valence-electron chi connectivity index (χ2n) is 5.39. The molecule has 0 aliphatic carbocycles. The lowest BCUT2D eigenvalue weighted by Gasteiger charge is -2.18. The van der Waals surface area contributed by atoms with Crippen LogP contribution in [0.2, 0.25) is 5.02 Å². The Hall–Kier alpha value is -1.31. The summed E-state index contributed by atoms with van der Waals surface area (Å²) in [5.41, 5.74) is 0.419. The highest BCUT2D eigenvalue weighted by Gasteiger charge is 2.27. The Morgan fingerprint density at radius 3 is 2.45 bits per heavy atom. The van der Waals surface area contributed by atoms with Crippen LogP contribution in [-0.2, 0) is 14.8 Å². The molecule has 0 saturated carbocycles. The first-order chi connectivity index (χ1) is 10.1. The fourth-order valence-corrected chi connectivity index (χ4v) is 3.76. The maximum Gasteiger partial charge on any atom is 0.321 e. The molecule has 6 nitrogen and oxygen atoms in total. The summed E-state index contributed by atoms with van der Waals surface area (Å²) in [6.45, 7) is 5.23. The molecule has 1 atom stereocenters. The number of rotatable bonds is 7. The Labute approximate surface area is 135 Å². The van der Waals surface area contributed by atoms with Crippen LogP contribution in [0.5, 0.6) is 5.75 Å². The quantitative estimate of drug-likeness (QED) is 0.788. The van der Waals surface area contributed by atoms with Crippen LogP contribution in [0.3, 0.4) is 0 Å². The minimum absolute atomic E-state index is 0.0318. The number of hydrogen-bond acceptors (Lipinski definition) is 4. The van der Waals surface area contributed by atoms with Gasteiger partial charge in [0.25, 0.3) is 0 Å². The first-order valence-electron chi connectivity index (χ1n) is 6.67. The van der Waals surface area contributed by atoms with E-state index in [9.17, 15) is 13.2 Å². The van der Waals surface area contributed by atoms with Gasteiger partial charge >= 0.3 is 5.97 Å². The Morgan fingerprint density at radius 1 is 1.41 bits per heavy atom. The molecule has 8 heteroatoms. The van der Waals surface area contributed by atoms with Crippen molar-refractivity contribution in [2.75, 3.05) is 7.11 Å². The molecule has 0 spiro atoms. The molecule has 0 radical (unpaired) electrons. The predicted octanol–water partition coefficient (Wildman–Crippen LogP) is 2.43. The number of aliphatic carboxylic acids is 1. The van der Waals surface area contributed by atoms with Crippen molar-refractivity contribution in [3.05, 3.63) is 22.7 Å². The number of carboxylic acid groups (broad SMARTS) is 1. The first-order valence-corrected chi connectivity index (χ1v) is 8.54. The van der Waals surface area contributed by atoms with Gasteiger partial charge in [-0.25, -0.2) is 8.42 Å². The lowest BCUT2D eigenvalue weighted by atomic mass is 10.1. The van der Waals surface area contributed by atoms with Gasteiger partial charge in [-0.15, -0.1) is 0 Å². The number of hydrogen-bond donors (Lipinski definition) is 2. The van der Waals surface area contributed by atoms with E-state index in [-0.39, 0.29) is 22.3 Å². The summed E-state index contributed by atoms with van der Waals surface area (Å²) in [7, 11) is -2.57. The van der Waals surface area contributed by atoms with Crippen LogP contribution < -0.4 is 9.46 Å². The third kappa shape index (κ3) is 4.59. The summed E-state index contributed by atoms with van der Waals surface area (Å²) in [5, 5.41) is 9.31. The zero-order valence-corrected chi connectivity index (χ0v) is 14.5. The third-order valence-electron chi connectivity index (χ3n) is 3.04. The summed E-state index contributed by atoms with van der Waals surface area (Å²) in [6.07, 6.45) is 0.192. The van der Waals surface area contributed by atoms with Gasteiger partial charge in [-0.05, 0) is 37.0 Å². The molecule has 124 valence electrons. The normalized spacial score (nSPS) is 13.2. The maximum atomic E-state index is 12.4. The van der Waals surface area contributed by atoms with E-state index < -0.39 is 22.0 Å². The number of halogens is 1. The van der Waals surface area contributed by atoms with E-state index in [4.69, 9.17) is 21.4 Å². The van der Waals surface area contributed by atoms with Crippen LogP contribution in [-0.4, -0.2) is 32.6 Å². The second-order valence-corrected chi connectivity index (χ2v) is 7.48. The molecule has 0 aromatic heterocycles. The third-order valence-corrected chi connectivity index (χ3v) is 4.95. The van der Waals surface area contributed by atoms with E-state index in [0.29, 0.717) is 11.3 Å². The van der Waals surface area contributed by atoms with Crippen molar-refractivity contribution < 1.29 is 23.1 Å². The molecular weight excluding hydrogens is 330 g/mol. The summed E-state index contributed by atoms with van der Waals surface area (Å²) in [5.74, 6) is -0.825. The molecule has 0 aliphatic rings. The molecule has 1 unspecified atom stereocenters. The van der Waals surface area contributed by atoms with E-state index in [1.807, 2.05) is 13.8 Å². The Bertz CT molecular complexity index is 657. The lowest BCUT2D eigenvalue weighted by Crippen LogP contribution is -2.41. The minimum atomic E-state index is -4.00. The van der Waals surface area contributed by atoms with E-state index in [1.165, 1.54) is 19.2 Å². The number of benzene rings is 1. The van der Waals surface area contributed by atoms with Crippen molar-refractivity contribution >= 4 is 27.6 Å². The fourth-order valence-electron chi connectivity index (χ4n) is 2.00. The molecule has 0 aliphatic heterocycles. The van der Waals surface area contributed by atoms with Crippen LogP contribution in [0.15, 0.2) is 17.0 Å². The number of nitrogens with one attached hydrogen (secondary N) is 1.